The van der Waals surface area contributed by atoms with Gasteiger partial charge in [0, 0.05) is 27.1 Å². The third-order valence-corrected chi connectivity index (χ3v) is 8.61. The Morgan fingerprint density at radius 2 is 1.77 bits per heavy atom. The molecule has 5 nitrogen and oxygen atoms in total. The summed E-state index contributed by atoms with van der Waals surface area (Å²) in [6.07, 6.45) is 3.08. The molecule has 0 saturated heterocycles. The quantitative estimate of drug-likeness (QED) is 0.180. The number of aryl methyl sites for hydroxylation is 3. The van der Waals surface area contributed by atoms with Gasteiger partial charge in [-0.1, -0.05) is 73.1 Å². The van der Waals surface area contributed by atoms with Gasteiger partial charge in [0.25, 0.3) is 0 Å². The van der Waals surface area contributed by atoms with E-state index in [1.165, 1.54) is 12.7 Å². The van der Waals surface area contributed by atoms with Crippen LogP contribution in [0, 0.1) is 5.92 Å². The second-order valence-corrected chi connectivity index (χ2v) is 11.3. The number of benzene rings is 3. The molecular weight excluding hydrogens is 530 g/mol. The molecule has 1 aromatic heterocycles. The molecule has 0 bridgehead atoms. The van der Waals surface area contributed by atoms with Gasteiger partial charge in [-0.3, -0.25) is 9.78 Å². The Morgan fingerprint density at radius 1 is 0.974 bits per heavy atom. The number of methoxy groups -OCH3 is 1. The highest BCUT2D eigenvalue weighted by Crippen LogP contribution is 2.35. The number of hydrogen-bond acceptors (Lipinski definition) is 5. The van der Waals surface area contributed by atoms with Crippen LogP contribution in [0.25, 0.3) is 10.9 Å². The summed E-state index contributed by atoms with van der Waals surface area (Å²) in [5, 5.41) is 11.2. The number of halogens is 1. The van der Waals surface area contributed by atoms with E-state index in [-0.39, 0.29) is 11.2 Å². The lowest BCUT2D eigenvalue weighted by molar-refractivity contribution is -0.140. The Morgan fingerprint density at radius 3 is 2.56 bits per heavy atom. The van der Waals surface area contributed by atoms with Gasteiger partial charge < -0.3 is 9.84 Å². The normalized spacial score (nSPS) is 12.7. The van der Waals surface area contributed by atoms with Crippen molar-refractivity contribution in [3.8, 4) is 0 Å². The first-order valence-electron chi connectivity index (χ1n) is 13.0. The molecule has 0 aliphatic rings. The summed E-state index contributed by atoms with van der Waals surface area (Å²) >= 11 is 7.81. The number of aromatic nitrogens is 1. The lowest BCUT2D eigenvalue weighted by atomic mass is 9.97. The fourth-order valence-electron chi connectivity index (χ4n) is 4.51. The predicted molar refractivity (Wildman–Crippen MR) is 159 cm³/mol. The summed E-state index contributed by atoms with van der Waals surface area (Å²) in [6.45, 7) is 1.74. The summed E-state index contributed by atoms with van der Waals surface area (Å²) in [6, 6.07) is 25.9. The maximum atomic E-state index is 12.3. The zero-order chi connectivity index (χ0) is 27.8. The van der Waals surface area contributed by atoms with E-state index in [0.717, 1.165) is 47.0 Å². The van der Waals surface area contributed by atoms with E-state index >= 15 is 0 Å². The lowest BCUT2D eigenvalue weighted by Crippen LogP contribution is -2.13. The van der Waals surface area contributed by atoms with Crippen molar-refractivity contribution in [2.45, 2.75) is 37.9 Å². The summed E-state index contributed by atoms with van der Waals surface area (Å²) < 4.78 is 4.96. The van der Waals surface area contributed by atoms with E-state index in [4.69, 9.17) is 21.3 Å². The fraction of sp³-hybridized carbons (Fsp3) is 0.281. The van der Waals surface area contributed by atoms with Crippen molar-refractivity contribution < 1.29 is 19.4 Å². The lowest BCUT2D eigenvalue weighted by Gasteiger charge is -2.20. The van der Waals surface area contributed by atoms with Crippen LogP contribution in [-0.2, 0) is 28.8 Å². The molecule has 1 N–H and O–H groups in total. The Balaban J connectivity index is 1.50. The van der Waals surface area contributed by atoms with Crippen LogP contribution in [0.5, 0.6) is 0 Å². The first-order chi connectivity index (χ1) is 18.8. The molecule has 0 fully saturated rings. The second kappa shape index (κ2) is 13.6. The van der Waals surface area contributed by atoms with E-state index in [1.807, 2.05) is 36.4 Å². The van der Waals surface area contributed by atoms with Crippen LogP contribution in [0.4, 0.5) is 0 Å². The van der Waals surface area contributed by atoms with Crippen molar-refractivity contribution >= 4 is 46.2 Å². The number of aliphatic carboxylic acids is 1. The molecule has 4 rings (SSSR count). The maximum absolute atomic E-state index is 12.3. The topological polar surface area (TPSA) is 76.5 Å². The number of rotatable bonds is 12. The van der Waals surface area contributed by atoms with Gasteiger partial charge in [-0.2, -0.15) is 11.8 Å². The molecule has 39 heavy (non-hydrogen) atoms. The predicted octanol–water partition coefficient (Wildman–Crippen LogP) is 7.59. The Labute approximate surface area is 238 Å². The molecule has 0 spiro atoms. The number of carboxylic acid groups (broad SMARTS) is 1. The molecule has 2 unspecified atom stereocenters. The van der Waals surface area contributed by atoms with Gasteiger partial charge in [0.05, 0.1) is 24.1 Å². The smallest absolute Gasteiger partial charge is 0.338 e. The fourth-order valence-corrected chi connectivity index (χ4v) is 5.96. The molecule has 0 saturated carbocycles. The highest BCUT2D eigenvalue weighted by atomic mass is 35.5. The third kappa shape index (κ3) is 7.84. The number of carboxylic acids is 1. The summed E-state index contributed by atoms with van der Waals surface area (Å²) in [5.41, 5.74) is 5.76. The molecule has 0 radical (unpaired) electrons. The van der Waals surface area contributed by atoms with Crippen molar-refractivity contribution in [1.82, 2.24) is 4.98 Å². The first kappa shape index (κ1) is 28.7. The monoisotopic (exact) mass is 561 g/mol. The van der Waals surface area contributed by atoms with Crippen LogP contribution < -0.4 is 0 Å². The largest absolute Gasteiger partial charge is 0.481 e. The van der Waals surface area contributed by atoms with Crippen molar-refractivity contribution in [1.29, 1.82) is 0 Å². The number of carbonyl (C=O) groups is 2. The summed E-state index contributed by atoms with van der Waals surface area (Å²) in [4.78, 5) is 28.5. The standard InChI is InChI=1S/C32H32ClNO4S/c1-21(31(35)36)20-39-30(17-13-23-7-3-4-9-28(23)32(37)38-2)25-8-5-6-22(18-25)10-15-27-16-12-24-11-14-26(33)19-29(24)34-27/h3-9,11-12,14,16,18-19,21,30H,10,13,15,17,20H2,1-2H3,(H,35,36). The van der Waals surface area contributed by atoms with Crippen LogP contribution in [0.3, 0.4) is 0 Å². The molecule has 202 valence electrons. The number of carbonyl (C=O) groups excluding carboxylic acids is 1. The van der Waals surface area contributed by atoms with Gasteiger partial charge in [-0.05, 0) is 66.6 Å². The summed E-state index contributed by atoms with van der Waals surface area (Å²) in [7, 11) is 1.39. The zero-order valence-electron chi connectivity index (χ0n) is 22.1. The summed E-state index contributed by atoms with van der Waals surface area (Å²) in [5.74, 6) is -1.08. The minimum Gasteiger partial charge on any atom is -0.481 e. The van der Waals surface area contributed by atoms with Crippen molar-refractivity contribution in [3.63, 3.8) is 0 Å². The Bertz CT molecular complexity index is 1460. The molecule has 0 amide bonds. The molecule has 1 heterocycles. The van der Waals surface area contributed by atoms with Gasteiger partial charge in [-0.15, -0.1) is 0 Å². The average Bonchev–Trinajstić information content (AvgIpc) is 2.95. The van der Waals surface area contributed by atoms with E-state index in [9.17, 15) is 14.7 Å². The molecule has 7 heteroatoms. The molecule has 0 aliphatic carbocycles. The minimum absolute atomic E-state index is 0.0818. The number of hydrogen-bond donors (Lipinski definition) is 1. The van der Waals surface area contributed by atoms with Gasteiger partial charge in [-0.25, -0.2) is 4.79 Å². The van der Waals surface area contributed by atoms with E-state index in [0.29, 0.717) is 22.8 Å². The van der Waals surface area contributed by atoms with Crippen LogP contribution in [-0.4, -0.2) is 34.9 Å². The van der Waals surface area contributed by atoms with Crippen LogP contribution in [0.1, 0.15) is 51.3 Å². The van der Waals surface area contributed by atoms with Crippen molar-refractivity contribution in [2.24, 2.45) is 5.92 Å². The van der Waals surface area contributed by atoms with Crippen LogP contribution in [0.15, 0.2) is 78.9 Å². The van der Waals surface area contributed by atoms with E-state index in [1.54, 1.807) is 24.8 Å². The van der Waals surface area contributed by atoms with Gasteiger partial charge in [0.15, 0.2) is 0 Å². The van der Waals surface area contributed by atoms with Gasteiger partial charge in [0.2, 0.25) is 0 Å². The number of nitrogens with zero attached hydrogens (tertiary/aromatic N) is 1. The minimum atomic E-state index is -0.796. The molecule has 4 aromatic rings. The highest BCUT2D eigenvalue weighted by molar-refractivity contribution is 7.99. The molecule has 0 aliphatic heterocycles. The Hall–Kier alpha value is -3.35. The van der Waals surface area contributed by atoms with E-state index in [2.05, 4.69) is 36.4 Å². The molecular formula is C32H32ClNO4S. The Kier molecular flexibility index (Phi) is 10.0. The number of fused-ring (bicyclic) bond motifs is 1. The zero-order valence-corrected chi connectivity index (χ0v) is 23.7. The molecule has 3 aromatic carbocycles. The van der Waals surface area contributed by atoms with E-state index < -0.39 is 11.9 Å². The SMILES string of the molecule is COC(=O)c1ccccc1CCC(SCC(C)C(=O)O)c1cccc(CCc2ccc3ccc(Cl)cc3n2)c1. The third-order valence-electron chi connectivity index (χ3n) is 6.77. The van der Waals surface area contributed by atoms with Crippen molar-refractivity contribution in [2.75, 3.05) is 12.9 Å². The van der Waals surface area contributed by atoms with Crippen LogP contribution >= 0.6 is 23.4 Å². The average molecular weight is 562 g/mol. The number of pyridine rings is 1. The maximum Gasteiger partial charge on any atom is 0.338 e. The first-order valence-corrected chi connectivity index (χ1v) is 14.4. The van der Waals surface area contributed by atoms with Gasteiger partial charge in [0.1, 0.15) is 0 Å². The van der Waals surface area contributed by atoms with Gasteiger partial charge >= 0.3 is 11.9 Å². The van der Waals surface area contributed by atoms with Crippen LogP contribution in [0.2, 0.25) is 5.02 Å². The molecule has 2 atom stereocenters. The number of esters is 1. The highest BCUT2D eigenvalue weighted by Gasteiger charge is 2.19. The number of ether oxygens (including phenoxy) is 1. The number of thioether (sulfide) groups is 1. The second-order valence-electron chi connectivity index (χ2n) is 9.63. The van der Waals surface area contributed by atoms with Crippen molar-refractivity contribution in [3.05, 3.63) is 112 Å².